The average molecular weight is 191 g/mol. The fourth-order valence-electron chi connectivity index (χ4n) is 1.54. The number of aromatic nitrogens is 1. The first-order valence-corrected chi connectivity index (χ1v) is 4.77. The fraction of sp³-hybridized carbons (Fsp3) is 0.364. The van der Waals surface area contributed by atoms with Crippen molar-refractivity contribution in [3.63, 3.8) is 0 Å². The summed E-state index contributed by atoms with van der Waals surface area (Å²) in [6.07, 6.45) is 1.70. The van der Waals surface area contributed by atoms with Gasteiger partial charge in [0, 0.05) is 12.0 Å². The van der Waals surface area contributed by atoms with Crippen LogP contribution in [0.4, 0.5) is 0 Å². The van der Waals surface area contributed by atoms with Crippen molar-refractivity contribution in [2.75, 3.05) is 6.61 Å². The Bertz CT molecular complexity index is 434. The van der Waals surface area contributed by atoms with Gasteiger partial charge in [-0.05, 0) is 37.5 Å². The average Bonchev–Trinajstić information content (AvgIpc) is 2.57. The summed E-state index contributed by atoms with van der Waals surface area (Å²) in [5.74, 6) is 0. The lowest BCUT2D eigenvalue weighted by atomic mass is 10.1. The second-order valence-electron chi connectivity index (χ2n) is 3.43. The van der Waals surface area contributed by atoms with Crippen molar-refractivity contribution >= 4 is 11.0 Å². The first-order chi connectivity index (χ1) is 6.81. The first kappa shape index (κ1) is 9.21. The van der Waals surface area contributed by atoms with Crippen molar-refractivity contribution < 1.29 is 9.63 Å². The van der Waals surface area contributed by atoms with E-state index >= 15 is 0 Å². The molecule has 0 aliphatic rings. The zero-order chi connectivity index (χ0) is 9.97. The number of rotatable bonds is 3. The highest BCUT2D eigenvalue weighted by Gasteiger charge is 2.04. The van der Waals surface area contributed by atoms with Crippen molar-refractivity contribution in [3.8, 4) is 0 Å². The van der Waals surface area contributed by atoms with E-state index in [-0.39, 0.29) is 6.61 Å². The molecular formula is C11H13NO2. The number of benzene rings is 1. The molecule has 3 heteroatoms. The molecule has 0 spiro atoms. The summed E-state index contributed by atoms with van der Waals surface area (Å²) in [4.78, 5) is 0. The van der Waals surface area contributed by atoms with Gasteiger partial charge in [-0.1, -0.05) is 11.2 Å². The normalized spacial score (nSPS) is 11.0. The molecule has 0 aliphatic carbocycles. The predicted octanol–water partition coefficient (Wildman–Crippen LogP) is 2.06. The highest BCUT2D eigenvalue weighted by molar-refractivity contribution is 5.79. The molecule has 0 saturated heterocycles. The van der Waals surface area contributed by atoms with Crippen LogP contribution in [0.1, 0.15) is 17.7 Å². The first-order valence-electron chi connectivity index (χ1n) is 4.77. The molecule has 0 fully saturated rings. The van der Waals surface area contributed by atoms with Gasteiger partial charge in [-0.3, -0.25) is 0 Å². The summed E-state index contributed by atoms with van der Waals surface area (Å²) >= 11 is 0. The van der Waals surface area contributed by atoms with Crippen molar-refractivity contribution in [1.29, 1.82) is 0 Å². The summed E-state index contributed by atoms with van der Waals surface area (Å²) in [5.41, 5.74) is 2.97. The van der Waals surface area contributed by atoms with E-state index in [0.29, 0.717) is 0 Å². The lowest BCUT2D eigenvalue weighted by Crippen LogP contribution is -1.88. The summed E-state index contributed by atoms with van der Waals surface area (Å²) in [6, 6.07) is 6.03. The molecule has 0 amide bonds. The number of hydrogen-bond donors (Lipinski definition) is 1. The van der Waals surface area contributed by atoms with E-state index in [1.54, 1.807) is 0 Å². The van der Waals surface area contributed by atoms with Gasteiger partial charge in [0.25, 0.3) is 0 Å². The van der Waals surface area contributed by atoms with Crippen LogP contribution >= 0.6 is 0 Å². The fourth-order valence-corrected chi connectivity index (χ4v) is 1.54. The molecule has 74 valence electrons. The Kier molecular flexibility index (Phi) is 2.50. The highest BCUT2D eigenvalue weighted by Crippen LogP contribution is 2.19. The van der Waals surface area contributed by atoms with Crippen LogP contribution in [0.25, 0.3) is 11.0 Å². The van der Waals surface area contributed by atoms with Gasteiger partial charge in [0.15, 0.2) is 5.58 Å². The third kappa shape index (κ3) is 1.63. The molecule has 14 heavy (non-hydrogen) atoms. The maximum atomic E-state index is 8.72. The van der Waals surface area contributed by atoms with Gasteiger partial charge < -0.3 is 9.63 Å². The van der Waals surface area contributed by atoms with Crippen LogP contribution in [-0.4, -0.2) is 16.9 Å². The highest BCUT2D eigenvalue weighted by atomic mass is 16.5. The lowest BCUT2D eigenvalue weighted by molar-refractivity contribution is 0.288. The number of aliphatic hydroxyl groups excluding tert-OH is 1. The van der Waals surface area contributed by atoms with Gasteiger partial charge in [0.05, 0.1) is 5.69 Å². The minimum absolute atomic E-state index is 0.237. The SMILES string of the molecule is Cc1noc2ccc(CCCO)cc12. The zero-order valence-corrected chi connectivity index (χ0v) is 8.16. The van der Waals surface area contributed by atoms with E-state index in [1.165, 1.54) is 5.56 Å². The van der Waals surface area contributed by atoms with E-state index in [0.717, 1.165) is 29.5 Å². The Morgan fingerprint density at radius 1 is 1.43 bits per heavy atom. The molecule has 1 aromatic heterocycles. The third-order valence-electron chi connectivity index (χ3n) is 2.34. The van der Waals surface area contributed by atoms with E-state index in [9.17, 15) is 0 Å². The second kappa shape index (κ2) is 3.80. The smallest absolute Gasteiger partial charge is 0.167 e. The molecule has 0 bridgehead atoms. The van der Waals surface area contributed by atoms with Crippen LogP contribution < -0.4 is 0 Å². The summed E-state index contributed by atoms with van der Waals surface area (Å²) < 4.78 is 5.11. The van der Waals surface area contributed by atoms with Crippen molar-refractivity contribution in [3.05, 3.63) is 29.5 Å². The molecule has 1 N–H and O–H groups in total. The molecule has 3 nitrogen and oxygen atoms in total. The van der Waals surface area contributed by atoms with Crippen LogP contribution in [0.15, 0.2) is 22.7 Å². The Balaban J connectivity index is 2.34. The van der Waals surface area contributed by atoms with Crippen LogP contribution in [0.3, 0.4) is 0 Å². The van der Waals surface area contributed by atoms with Crippen LogP contribution in [-0.2, 0) is 6.42 Å². The van der Waals surface area contributed by atoms with Crippen LogP contribution in [0.5, 0.6) is 0 Å². The summed E-state index contributed by atoms with van der Waals surface area (Å²) in [5, 5.41) is 13.7. The van der Waals surface area contributed by atoms with Gasteiger partial charge in [-0.25, -0.2) is 0 Å². The summed E-state index contributed by atoms with van der Waals surface area (Å²) in [7, 11) is 0. The second-order valence-corrected chi connectivity index (χ2v) is 3.43. The van der Waals surface area contributed by atoms with E-state index in [1.807, 2.05) is 19.1 Å². The summed E-state index contributed by atoms with van der Waals surface area (Å²) in [6.45, 7) is 2.17. The Hall–Kier alpha value is -1.35. The Labute approximate surface area is 82.3 Å². The molecule has 1 heterocycles. The van der Waals surface area contributed by atoms with Gasteiger partial charge in [-0.2, -0.15) is 0 Å². The van der Waals surface area contributed by atoms with Gasteiger partial charge in [-0.15, -0.1) is 0 Å². The maximum Gasteiger partial charge on any atom is 0.167 e. The Morgan fingerprint density at radius 2 is 2.29 bits per heavy atom. The van der Waals surface area contributed by atoms with Crippen molar-refractivity contribution in [2.45, 2.75) is 19.8 Å². The molecule has 0 aliphatic heterocycles. The maximum absolute atomic E-state index is 8.72. The van der Waals surface area contributed by atoms with Crippen molar-refractivity contribution in [2.24, 2.45) is 0 Å². The molecule has 2 aromatic rings. The quantitative estimate of drug-likeness (QED) is 0.807. The standard InChI is InChI=1S/C11H13NO2/c1-8-10-7-9(3-2-6-13)4-5-11(10)14-12-8/h4-5,7,13H,2-3,6H2,1H3. The lowest BCUT2D eigenvalue weighted by Gasteiger charge is -1.98. The number of aryl methyl sites for hydroxylation is 2. The number of fused-ring (bicyclic) bond motifs is 1. The largest absolute Gasteiger partial charge is 0.396 e. The van der Waals surface area contributed by atoms with Crippen LogP contribution in [0.2, 0.25) is 0 Å². The molecule has 1 aromatic carbocycles. The number of hydrogen-bond acceptors (Lipinski definition) is 3. The van der Waals surface area contributed by atoms with E-state index in [2.05, 4.69) is 11.2 Å². The molecular weight excluding hydrogens is 178 g/mol. The minimum Gasteiger partial charge on any atom is -0.396 e. The third-order valence-corrected chi connectivity index (χ3v) is 2.34. The van der Waals surface area contributed by atoms with Gasteiger partial charge >= 0.3 is 0 Å². The monoisotopic (exact) mass is 191 g/mol. The Morgan fingerprint density at radius 3 is 3.07 bits per heavy atom. The number of aliphatic hydroxyl groups is 1. The molecule has 2 rings (SSSR count). The molecule has 0 radical (unpaired) electrons. The van der Waals surface area contributed by atoms with E-state index in [4.69, 9.17) is 9.63 Å². The molecule has 0 saturated carbocycles. The number of nitrogens with zero attached hydrogens (tertiary/aromatic N) is 1. The predicted molar refractivity (Wildman–Crippen MR) is 54.2 cm³/mol. The molecule has 0 unspecified atom stereocenters. The van der Waals surface area contributed by atoms with E-state index < -0.39 is 0 Å². The topological polar surface area (TPSA) is 46.3 Å². The van der Waals surface area contributed by atoms with Crippen molar-refractivity contribution in [1.82, 2.24) is 5.16 Å². The van der Waals surface area contributed by atoms with Gasteiger partial charge in [0.2, 0.25) is 0 Å². The zero-order valence-electron chi connectivity index (χ0n) is 8.16. The minimum atomic E-state index is 0.237. The van der Waals surface area contributed by atoms with Crippen LogP contribution in [0, 0.1) is 6.92 Å². The van der Waals surface area contributed by atoms with Gasteiger partial charge in [0.1, 0.15) is 0 Å². The molecule has 0 atom stereocenters.